The van der Waals surface area contributed by atoms with Crippen LogP contribution < -0.4 is 0 Å². The maximum atomic E-state index is 12.6. The van der Waals surface area contributed by atoms with E-state index < -0.39 is 0 Å². The number of carbonyl (C=O) groups excluding carboxylic acids is 1. The van der Waals surface area contributed by atoms with Crippen LogP contribution in [0, 0.1) is 3.57 Å². The Morgan fingerprint density at radius 3 is 2.85 bits per heavy atom. The second-order valence-corrected chi connectivity index (χ2v) is 6.59. The van der Waals surface area contributed by atoms with Crippen LogP contribution in [0.25, 0.3) is 0 Å². The molecule has 0 spiro atoms. The van der Waals surface area contributed by atoms with Gasteiger partial charge in [-0.3, -0.25) is 4.79 Å². The van der Waals surface area contributed by atoms with E-state index in [9.17, 15) is 4.79 Å². The van der Waals surface area contributed by atoms with E-state index in [1.165, 1.54) is 4.88 Å². The number of hydrogen-bond donors (Lipinski definition) is 0. The van der Waals surface area contributed by atoms with E-state index >= 15 is 0 Å². The minimum Gasteiger partial charge on any atom is -0.383 e. The van der Waals surface area contributed by atoms with E-state index in [1.54, 1.807) is 18.4 Å². The number of ether oxygens (including phenoxy) is 1. The van der Waals surface area contributed by atoms with Gasteiger partial charge in [0.2, 0.25) is 0 Å². The molecule has 1 aromatic heterocycles. The molecule has 2 aromatic rings. The van der Waals surface area contributed by atoms with Gasteiger partial charge in [-0.2, -0.15) is 0 Å². The SMILES string of the molecule is COCCN(Cc1cccs1)C(=O)c1cccc(I)c1. The van der Waals surface area contributed by atoms with Gasteiger partial charge in [0.15, 0.2) is 0 Å². The van der Waals surface area contributed by atoms with Crippen molar-refractivity contribution in [3.63, 3.8) is 0 Å². The standard InChI is InChI=1S/C15H16INO2S/c1-19-8-7-17(11-14-6-3-9-20-14)15(18)12-4-2-5-13(16)10-12/h2-6,9-10H,7-8,11H2,1H3. The van der Waals surface area contributed by atoms with Crippen molar-refractivity contribution in [2.75, 3.05) is 20.3 Å². The van der Waals surface area contributed by atoms with E-state index in [4.69, 9.17) is 4.74 Å². The van der Waals surface area contributed by atoms with Crippen molar-refractivity contribution in [3.8, 4) is 0 Å². The predicted octanol–water partition coefficient (Wildman–Crippen LogP) is 3.64. The summed E-state index contributed by atoms with van der Waals surface area (Å²) in [5.41, 5.74) is 0.726. The second-order valence-electron chi connectivity index (χ2n) is 4.31. The number of hydrogen-bond acceptors (Lipinski definition) is 3. The predicted molar refractivity (Wildman–Crippen MR) is 90.1 cm³/mol. The zero-order chi connectivity index (χ0) is 14.4. The molecular formula is C15H16INO2S. The lowest BCUT2D eigenvalue weighted by Crippen LogP contribution is -2.33. The Bertz CT molecular complexity index is 557. The molecule has 0 aliphatic rings. The first-order valence-corrected chi connectivity index (χ1v) is 8.22. The number of benzene rings is 1. The van der Waals surface area contributed by atoms with Crippen LogP contribution in [0.4, 0.5) is 0 Å². The monoisotopic (exact) mass is 401 g/mol. The quantitative estimate of drug-likeness (QED) is 0.692. The summed E-state index contributed by atoms with van der Waals surface area (Å²) >= 11 is 3.88. The molecule has 3 nitrogen and oxygen atoms in total. The van der Waals surface area contributed by atoms with Gasteiger partial charge in [0.1, 0.15) is 0 Å². The average molecular weight is 401 g/mol. The minimum atomic E-state index is 0.0500. The topological polar surface area (TPSA) is 29.5 Å². The molecule has 0 radical (unpaired) electrons. The van der Waals surface area contributed by atoms with Gasteiger partial charge in [0.05, 0.1) is 13.2 Å². The smallest absolute Gasteiger partial charge is 0.254 e. The molecule has 0 N–H and O–H groups in total. The van der Waals surface area contributed by atoms with Gasteiger partial charge in [-0.05, 0) is 52.2 Å². The molecule has 5 heteroatoms. The number of rotatable bonds is 6. The Balaban J connectivity index is 2.14. The zero-order valence-electron chi connectivity index (χ0n) is 11.2. The van der Waals surface area contributed by atoms with Crippen LogP contribution in [0.2, 0.25) is 0 Å². The fraction of sp³-hybridized carbons (Fsp3) is 0.267. The number of nitrogens with zero attached hydrogens (tertiary/aromatic N) is 1. The minimum absolute atomic E-state index is 0.0500. The molecule has 1 aromatic carbocycles. The van der Waals surface area contributed by atoms with Crippen LogP contribution in [0.15, 0.2) is 41.8 Å². The van der Waals surface area contributed by atoms with Crippen molar-refractivity contribution in [1.29, 1.82) is 0 Å². The Morgan fingerprint density at radius 2 is 2.20 bits per heavy atom. The van der Waals surface area contributed by atoms with Crippen molar-refractivity contribution < 1.29 is 9.53 Å². The lowest BCUT2D eigenvalue weighted by Gasteiger charge is -2.22. The largest absolute Gasteiger partial charge is 0.383 e. The molecule has 0 atom stereocenters. The number of carbonyl (C=O) groups is 1. The van der Waals surface area contributed by atoms with Crippen LogP contribution >= 0.6 is 33.9 Å². The van der Waals surface area contributed by atoms with Gasteiger partial charge in [-0.15, -0.1) is 11.3 Å². The molecule has 0 unspecified atom stereocenters. The highest BCUT2D eigenvalue weighted by atomic mass is 127. The van der Waals surface area contributed by atoms with Crippen molar-refractivity contribution in [2.45, 2.75) is 6.54 Å². The van der Waals surface area contributed by atoms with Crippen LogP contribution in [0.5, 0.6) is 0 Å². The normalized spacial score (nSPS) is 10.5. The summed E-state index contributed by atoms with van der Waals surface area (Å²) < 4.78 is 6.18. The molecule has 0 bridgehead atoms. The molecule has 0 saturated heterocycles. The van der Waals surface area contributed by atoms with Gasteiger partial charge < -0.3 is 9.64 Å². The zero-order valence-corrected chi connectivity index (χ0v) is 14.2. The van der Waals surface area contributed by atoms with E-state index in [0.29, 0.717) is 19.7 Å². The maximum absolute atomic E-state index is 12.6. The first-order valence-electron chi connectivity index (χ1n) is 6.27. The third-order valence-corrected chi connectivity index (χ3v) is 4.38. The lowest BCUT2D eigenvalue weighted by molar-refractivity contribution is 0.0682. The van der Waals surface area contributed by atoms with Crippen molar-refractivity contribution in [3.05, 3.63) is 55.8 Å². The highest BCUT2D eigenvalue weighted by molar-refractivity contribution is 14.1. The fourth-order valence-corrected chi connectivity index (χ4v) is 3.11. The molecule has 0 aliphatic heterocycles. The number of amides is 1. The van der Waals surface area contributed by atoms with Crippen molar-refractivity contribution in [1.82, 2.24) is 4.90 Å². The molecule has 1 heterocycles. The summed E-state index contributed by atoms with van der Waals surface area (Å²) in [7, 11) is 1.65. The molecule has 2 rings (SSSR count). The van der Waals surface area contributed by atoms with E-state index in [0.717, 1.165) is 9.13 Å². The van der Waals surface area contributed by atoms with Crippen molar-refractivity contribution in [2.24, 2.45) is 0 Å². The summed E-state index contributed by atoms with van der Waals surface area (Å²) in [6.07, 6.45) is 0. The van der Waals surface area contributed by atoms with Crippen LogP contribution in [0.1, 0.15) is 15.2 Å². The Morgan fingerprint density at radius 1 is 1.35 bits per heavy atom. The second kappa shape index (κ2) is 7.75. The van der Waals surface area contributed by atoms with E-state index in [2.05, 4.69) is 22.6 Å². The molecule has 0 fully saturated rings. The molecule has 106 valence electrons. The third-order valence-electron chi connectivity index (χ3n) is 2.85. The first-order chi connectivity index (χ1) is 9.70. The number of halogens is 1. The maximum Gasteiger partial charge on any atom is 0.254 e. The number of methoxy groups -OCH3 is 1. The average Bonchev–Trinajstić information content (AvgIpc) is 2.95. The lowest BCUT2D eigenvalue weighted by atomic mass is 10.2. The fourth-order valence-electron chi connectivity index (χ4n) is 1.85. The van der Waals surface area contributed by atoms with Crippen LogP contribution in [-0.4, -0.2) is 31.1 Å². The number of thiophene rings is 1. The third kappa shape index (κ3) is 4.29. The molecular weight excluding hydrogens is 385 g/mol. The van der Waals surface area contributed by atoms with Crippen molar-refractivity contribution >= 4 is 39.8 Å². The van der Waals surface area contributed by atoms with Gasteiger partial charge in [0.25, 0.3) is 5.91 Å². The summed E-state index contributed by atoms with van der Waals surface area (Å²) in [5.74, 6) is 0.0500. The Kier molecular flexibility index (Phi) is 6.00. The summed E-state index contributed by atoms with van der Waals surface area (Å²) in [6.45, 7) is 1.77. The Labute approximate surface area is 136 Å². The Hall–Kier alpha value is -0.920. The molecule has 0 aliphatic carbocycles. The van der Waals surface area contributed by atoms with Gasteiger partial charge in [0, 0.05) is 27.7 Å². The summed E-state index contributed by atoms with van der Waals surface area (Å²) in [6, 6.07) is 11.7. The molecule has 20 heavy (non-hydrogen) atoms. The first kappa shape index (κ1) is 15.5. The van der Waals surface area contributed by atoms with Gasteiger partial charge in [-0.1, -0.05) is 12.1 Å². The summed E-state index contributed by atoms with van der Waals surface area (Å²) in [4.78, 5) is 15.6. The van der Waals surface area contributed by atoms with Crippen LogP contribution in [-0.2, 0) is 11.3 Å². The summed E-state index contributed by atoms with van der Waals surface area (Å²) in [5, 5.41) is 2.03. The van der Waals surface area contributed by atoms with Gasteiger partial charge >= 0.3 is 0 Å². The van der Waals surface area contributed by atoms with Crippen LogP contribution in [0.3, 0.4) is 0 Å². The van der Waals surface area contributed by atoms with E-state index in [1.807, 2.05) is 46.7 Å². The van der Waals surface area contributed by atoms with E-state index in [-0.39, 0.29) is 5.91 Å². The highest BCUT2D eigenvalue weighted by Gasteiger charge is 2.16. The van der Waals surface area contributed by atoms with Gasteiger partial charge in [-0.25, -0.2) is 0 Å². The highest BCUT2D eigenvalue weighted by Crippen LogP contribution is 2.15. The molecule has 0 saturated carbocycles. The molecule has 1 amide bonds.